The standard InChI is InChI=1S/C13H26N2O/c1-13(9-5-6-10-16-13)12(15-14)11-7-3-2-4-8-11/h11-12,15H,2-10,14H2,1H3. The first-order valence-corrected chi connectivity index (χ1v) is 6.86. The molecule has 0 bridgehead atoms. The van der Waals surface area contributed by atoms with E-state index in [0.29, 0.717) is 12.0 Å². The van der Waals surface area contributed by atoms with Crippen molar-refractivity contribution in [2.24, 2.45) is 11.8 Å². The minimum Gasteiger partial charge on any atom is -0.374 e. The SMILES string of the molecule is CC1(C(NN)C2CCCCC2)CCCCO1. The van der Waals surface area contributed by atoms with E-state index in [1.807, 2.05) is 0 Å². The molecule has 1 saturated heterocycles. The first-order valence-electron chi connectivity index (χ1n) is 6.86. The first-order chi connectivity index (χ1) is 7.76. The molecule has 2 aliphatic rings. The van der Waals surface area contributed by atoms with Gasteiger partial charge in [0.15, 0.2) is 0 Å². The molecule has 0 aromatic rings. The van der Waals surface area contributed by atoms with Crippen molar-refractivity contribution in [1.82, 2.24) is 5.43 Å². The third-order valence-electron chi connectivity index (χ3n) is 4.46. The molecule has 3 nitrogen and oxygen atoms in total. The van der Waals surface area contributed by atoms with Gasteiger partial charge in [-0.25, -0.2) is 0 Å². The highest BCUT2D eigenvalue weighted by molar-refractivity contribution is 4.95. The lowest BCUT2D eigenvalue weighted by Gasteiger charge is -2.44. The molecule has 0 spiro atoms. The van der Waals surface area contributed by atoms with Crippen LogP contribution in [0, 0.1) is 5.92 Å². The molecule has 2 rings (SSSR count). The van der Waals surface area contributed by atoms with Gasteiger partial charge in [-0.15, -0.1) is 0 Å². The van der Waals surface area contributed by atoms with Crippen LogP contribution in [0.5, 0.6) is 0 Å². The summed E-state index contributed by atoms with van der Waals surface area (Å²) in [6, 6.07) is 0.341. The summed E-state index contributed by atoms with van der Waals surface area (Å²) >= 11 is 0. The molecule has 2 unspecified atom stereocenters. The first kappa shape index (κ1) is 12.3. The second kappa shape index (κ2) is 5.48. The van der Waals surface area contributed by atoms with E-state index in [0.717, 1.165) is 13.0 Å². The van der Waals surface area contributed by atoms with Gasteiger partial charge in [-0.05, 0) is 44.9 Å². The van der Waals surface area contributed by atoms with E-state index in [1.54, 1.807) is 0 Å². The van der Waals surface area contributed by atoms with Crippen LogP contribution in [0.2, 0.25) is 0 Å². The molecule has 2 fully saturated rings. The molecule has 3 N–H and O–H groups in total. The van der Waals surface area contributed by atoms with Gasteiger partial charge in [0.25, 0.3) is 0 Å². The van der Waals surface area contributed by atoms with E-state index in [1.165, 1.54) is 44.9 Å². The minimum atomic E-state index is -0.0327. The van der Waals surface area contributed by atoms with Crippen molar-refractivity contribution < 1.29 is 4.74 Å². The van der Waals surface area contributed by atoms with Crippen LogP contribution in [0.3, 0.4) is 0 Å². The van der Waals surface area contributed by atoms with Gasteiger partial charge in [-0.3, -0.25) is 11.3 Å². The molecule has 94 valence electrons. The fourth-order valence-electron chi connectivity index (χ4n) is 3.48. The topological polar surface area (TPSA) is 47.3 Å². The van der Waals surface area contributed by atoms with Crippen LogP contribution in [0.1, 0.15) is 58.3 Å². The fraction of sp³-hybridized carbons (Fsp3) is 1.00. The molecular formula is C13H26N2O. The van der Waals surface area contributed by atoms with Crippen LogP contribution in [-0.2, 0) is 4.74 Å². The lowest BCUT2D eigenvalue weighted by Crippen LogP contribution is -2.58. The third kappa shape index (κ3) is 2.58. The van der Waals surface area contributed by atoms with Crippen LogP contribution in [0.4, 0.5) is 0 Å². The zero-order valence-corrected chi connectivity index (χ0v) is 10.5. The van der Waals surface area contributed by atoms with Crippen molar-refractivity contribution in [3.05, 3.63) is 0 Å². The van der Waals surface area contributed by atoms with Gasteiger partial charge in [0.2, 0.25) is 0 Å². The maximum atomic E-state index is 6.03. The monoisotopic (exact) mass is 226 g/mol. The summed E-state index contributed by atoms with van der Waals surface area (Å²) in [4.78, 5) is 0. The molecule has 16 heavy (non-hydrogen) atoms. The highest BCUT2D eigenvalue weighted by atomic mass is 16.5. The summed E-state index contributed by atoms with van der Waals surface area (Å²) in [5.41, 5.74) is 3.02. The quantitative estimate of drug-likeness (QED) is 0.573. The van der Waals surface area contributed by atoms with Crippen molar-refractivity contribution in [3.8, 4) is 0 Å². The molecular weight excluding hydrogens is 200 g/mol. The van der Waals surface area contributed by atoms with Crippen LogP contribution in [-0.4, -0.2) is 18.2 Å². The number of hydrogen-bond acceptors (Lipinski definition) is 3. The second-order valence-electron chi connectivity index (χ2n) is 5.66. The molecule has 1 heterocycles. The lowest BCUT2D eigenvalue weighted by atomic mass is 9.75. The van der Waals surface area contributed by atoms with E-state index < -0.39 is 0 Å². The smallest absolute Gasteiger partial charge is 0.0822 e. The summed E-state index contributed by atoms with van der Waals surface area (Å²) in [6.07, 6.45) is 10.4. The highest BCUT2D eigenvalue weighted by Gasteiger charge is 2.40. The number of nitrogens with one attached hydrogen (secondary N) is 1. The number of hydrogen-bond donors (Lipinski definition) is 2. The van der Waals surface area contributed by atoms with Crippen molar-refractivity contribution in [2.45, 2.75) is 69.9 Å². The molecule has 1 aliphatic carbocycles. The molecule has 0 aromatic heterocycles. The van der Waals surface area contributed by atoms with Crippen molar-refractivity contribution in [2.75, 3.05) is 6.61 Å². The van der Waals surface area contributed by atoms with Gasteiger partial charge in [0, 0.05) is 6.61 Å². The van der Waals surface area contributed by atoms with Crippen LogP contribution in [0.25, 0.3) is 0 Å². The molecule has 1 aliphatic heterocycles. The number of ether oxygens (including phenoxy) is 1. The number of rotatable bonds is 3. The van der Waals surface area contributed by atoms with Crippen molar-refractivity contribution in [3.63, 3.8) is 0 Å². The Morgan fingerprint density at radius 1 is 1.19 bits per heavy atom. The molecule has 0 amide bonds. The summed E-state index contributed by atoms with van der Waals surface area (Å²) < 4.78 is 6.03. The van der Waals surface area contributed by atoms with E-state index in [-0.39, 0.29) is 5.60 Å². The lowest BCUT2D eigenvalue weighted by molar-refractivity contribution is -0.103. The molecule has 2 atom stereocenters. The van der Waals surface area contributed by atoms with Crippen LogP contribution in [0.15, 0.2) is 0 Å². The van der Waals surface area contributed by atoms with E-state index >= 15 is 0 Å². The normalized spacial score (nSPS) is 34.9. The summed E-state index contributed by atoms with van der Waals surface area (Å²) in [5, 5.41) is 0. The fourth-order valence-corrected chi connectivity index (χ4v) is 3.48. The largest absolute Gasteiger partial charge is 0.374 e. The van der Waals surface area contributed by atoms with Crippen molar-refractivity contribution >= 4 is 0 Å². The maximum Gasteiger partial charge on any atom is 0.0822 e. The zero-order chi connectivity index (χ0) is 11.4. The van der Waals surface area contributed by atoms with Gasteiger partial charge in [-0.1, -0.05) is 19.3 Å². The predicted molar refractivity (Wildman–Crippen MR) is 65.9 cm³/mol. The summed E-state index contributed by atoms with van der Waals surface area (Å²) in [7, 11) is 0. The molecule has 3 heteroatoms. The van der Waals surface area contributed by atoms with Gasteiger partial charge >= 0.3 is 0 Å². The summed E-state index contributed by atoms with van der Waals surface area (Å²) in [5.74, 6) is 6.50. The Hall–Kier alpha value is -0.120. The Labute approximate surface area is 99.1 Å². The highest BCUT2D eigenvalue weighted by Crippen LogP contribution is 2.36. The van der Waals surface area contributed by atoms with E-state index in [4.69, 9.17) is 10.6 Å². The molecule has 1 saturated carbocycles. The Morgan fingerprint density at radius 2 is 1.94 bits per heavy atom. The third-order valence-corrected chi connectivity index (χ3v) is 4.46. The van der Waals surface area contributed by atoms with Crippen molar-refractivity contribution in [1.29, 1.82) is 0 Å². The average Bonchev–Trinajstić information content (AvgIpc) is 2.32. The predicted octanol–water partition coefficient (Wildman–Crippen LogP) is 2.36. The van der Waals surface area contributed by atoms with E-state index in [2.05, 4.69) is 12.3 Å². The zero-order valence-electron chi connectivity index (χ0n) is 10.5. The molecule has 0 radical (unpaired) electrons. The second-order valence-corrected chi connectivity index (χ2v) is 5.66. The van der Waals surface area contributed by atoms with Gasteiger partial charge in [-0.2, -0.15) is 0 Å². The summed E-state index contributed by atoms with van der Waals surface area (Å²) in [6.45, 7) is 3.15. The Kier molecular flexibility index (Phi) is 4.22. The Morgan fingerprint density at radius 3 is 2.50 bits per heavy atom. The van der Waals surface area contributed by atoms with Gasteiger partial charge in [0.05, 0.1) is 11.6 Å². The Balaban J connectivity index is 2.01. The maximum absolute atomic E-state index is 6.03. The average molecular weight is 226 g/mol. The molecule has 0 aromatic carbocycles. The van der Waals surface area contributed by atoms with Gasteiger partial charge in [0.1, 0.15) is 0 Å². The van der Waals surface area contributed by atoms with E-state index in [9.17, 15) is 0 Å². The van der Waals surface area contributed by atoms with Crippen LogP contribution < -0.4 is 11.3 Å². The Bertz CT molecular complexity index is 208. The number of nitrogens with two attached hydrogens (primary N) is 1. The minimum absolute atomic E-state index is 0.0327. The number of hydrazine groups is 1. The van der Waals surface area contributed by atoms with Crippen LogP contribution >= 0.6 is 0 Å². The van der Waals surface area contributed by atoms with Gasteiger partial charge < -0.3 is 4.74 Å².